The summed E-state index contributed by atoms with van der Waals surface area (Å²) >= 11 is 0. The highest BCUT2D eigenvalue weighted by molar-refractivity contribution is 6.11. The number of ether oxygens (including phenoxy) is 1. The first kappa shape index (κ1) is 19.0. The maximum absolute atomic E-state index is 12.1. The van der Waals surface area contributed by atoms with Gasteiger partial charge in [0.15, 0.2) is 23.1 Å². The summed E-state index contributed by atoms with van der Waals surface area (Å²) in [5.41, 5.74) is 2.32. The number of hydrogen-bond donors (Lipinski definition) is 1. The zero-order valence-electron chi connectivity index (χ0n) is 15.3. The summed E-state index contributed by atoms with van der Waals surface area (Å²) in [6, 6.07) is 14.3. The molecule has 28 heavy (non-hydrogen) atoms. The molecule has 3 rings (SSSR count). The largest absolute Gasteiger partial charge is 0.504 e. The molecule has 0 spiro atoms. The standard InChI is InChI=1S/C23H19NO4/c1-28-22-14-16(8-12-21(22)27)7-10-19(25)15-20(26)11-9-18-5-2-4-17-6-3-13-24-23(17)18/h2-14,27H,15H2,1H3/b10-7+,11-9+. The molecule has 5 nitrogen and oxygen atoms in total. The van der Waals surface area contributed by atoms with E-state index < -0.39 is 0 Å². The van der Waals surface area contributed by atoms with Crippen molar-refractivity contribution in [1.82, 2.24) is 4.98 Å². The fraction of sp³-hybridized carbons (Fsp3) is 0.0870. The highest BCUT2D eigenvalue weighted by atomic mass is 16.5. The van der Waals surface area contributed by atoms with Gasteiger partial charge in [0.25, 0.3) is 0 Å². The number of aromatic hydroxyl groups is 1. The molecule has 2 aromatic carbocycles. The lowest BCUT2D eigenvalue weighted by Gasteiger charge is -2.03. The van der Waals surface area contributed by atoms with E-state index in [9.17, 15) is 14.7 Å². The molecule has 0 bridgehead atoms. The summed E-state index contributed by atoms with van der Waals surface area (Å²) in [6.45, 7) is 0. The van der Waals surface area contributed by atoms with Gasteiger partial charge in [0.1, 0.15) is 0 Å². The number of phenols is 1. The Kier molecular flexibility index (Phi) is 5.97. The summed E-state index contributed by atoms with van der Waals surface area (Å²) in [6.07, 6.45) is 7.49. The Morgan fingerprint density at radius 3 is 2.57 bits per heavy atom. The number of ketones is 2. The smallest absolute Gasteiger partial charge is 0.163 e. The quantitative estimate of drug-likeness (QED) is 0.496. The summed E-state index contributed by atoms with van der Waals surface area (Å²) < 4.78 is 5.02. The van der Waals surface area contributed by atoms with Crippen LogP contribution in [0, 0.1) is 0 Å². The van der Waals surface area contributed by atoms with E-state index >= 15 is 0 Å². The van der Waals surface area contributed by atoms with Crippen LogP contribution in [-0.4, -0.2) is 28.8 Å². The molecule has 1 aromatic heterocycles. The maximum atomic E-state index is 12.1. The van der Waals surface area contributed by atoms with E-state index in [2.05, 4.69) is 4.98 Å². The van der Waals surface area contributed by atoms with Crippen molar-refractivity contribution in [2.24, 2.45) is 0 Å². The van der Waals surface area contributed by atoms with Gasteiger partial charge in [-0.25, -0.2) is 0 Å². The Balaban J connectivity index is 1.64. The van der Waals surface area contributed by atoms with Gasteiger partial charge in [-0.1, -0.05) is 36.4 Å². The number of para-hydroxylation sites is 1. The second-order valence-electron chi connectivity index (χ2n) is 6.13. The summed E-state index contributed by atoms with van der Waals surface area (Å²) in [5.74, 6) is -0.255. The third-order valence-corrected chi connectivity index (χ3v) is 4.13. The molecule has 0 aliphatic rings. The van der Waals surface area contributed by atoms with Gasteiger partial charge in [-0.15, -0.1) is 0 Å². The van der Waals surface area contributed by atoms with Crippen molar-refractivity contribution < 1.29 is 19.4 Å². The van der Waals surface area contributed by atoms with Crippen LogP contribution < -0.4 is 4.74 Å². The predicted molar refractivity (Wildman–Crippen MR) is 109 cm³/mol. The van der Waals surface area contributed by atoms with Crippen LogP contribution in [0.15, 0.2) is 66.9 Å². The lowest BCUT2D eigenvalue weighted by Crippen LogP contribution is -2.02. The van der Waals surface area contributed by atoms with Crippen molar-refractivity contribution in [3.8, 4) is 11.5 Å². The molecule has 0 saturated heterocycles. The molecule has 0 radical (unpaired) electrons. The molecule has 3 aromatic rings. The van der Waals surface area contributed by atoms with E-state index in [4.69, 9.17) is 4.74 Å². The van der Waals surface area contributed by atoms with Gasteiger partial charge < -0.3 is 9.84 Å². The number of pyridine rings is 1. The number of hydrogen-bond acceptors (Lipinski definition) is 5. The Morgan fingerprint density at radius 1 is 1.04 bits per heavy atom. The molecular weight excluding hydrogens is 354 g/mol. The van der Waals surface area contributed by atoms with Crippen molar-refractivity contribution in [2.45, 2.75) is 6.42 Å². The van der Waals surface area contributed by atoms with Crippen LogP contribution in [0.4, 0.5) is 0 Å². The van der Waals surface area contributed by atoms with Gasteiger partial charge in [-0.3, -0.25) is 14.6 Å². The number of methoxy groups -OCH3 is 1. The predicted octanol–water partition coefficient (Wildman–Crippen LogP) is 4.20. The van der Waals surface area contributed by atoms with Crippen LogP contribution in [-0.2, 0) is 9.59 Å². The average molecular weight is 373 g/mol. The molecule has 5 heteroatoms. The van der Waals surface area contributed by atoms with Crippen molar-refractivity contribution >= 4 is 34.6 Å². The summed E-state index contributed by atoms with van der Waals surface area (Å²) in [5, 5.41) is 10.6. The molecule has 0 aliphatic carbocycles. The van der Waals surface area contributed by atoms with Crippen LogP contribution in [0.3, 0.4) is 0 Å². The van der Waals surface area contributed by atoms with E-state index in [1.807, 2.05) is 30.3 Å². The van der Waals surface area contributed by atoms with E-state index in [0.717, 1.165) is 16.5 Å². The number of benzene rings is 2. The Bertz CT molecular complexity index is 1080. The molecule has 0 aliphatic heterocycles. The number of carbonyl (C=O) groups excluding carboxylic acids is 2. The van der Waals surface area contributed by atoms with E-state index in [1.165, 1.54) is 25.3 Å². The summed E-state index contributed by atoms with van der Waals surface area (Å²) in [7, 11) is 1.45. The molecule has 0 saturated carbocycles. The van der Waals surface area contributed by atoms with Gasteiger partial charge in [0.05, 0.1) is 19.0 Å². The zero-order valence-corrected chi connectivity index (χ0v) is 15.3. The van der Waals surface area contributed by atoms with Crippen LogP contribution in [0.5, 0.6) is 11.5 Å². The molecule has 140 valence electrons. The molecule has 0 amide bonds. The van der Waals surface area contributed by atoms with Gasteiger partial charge >= 0.3 is 0 Å². The molecule has 1 heterocycles. The van der Waals surface area contributed by atoms with Crippen LogP contribution in [0.25, 0.3) is 23.1 Å². The Morgan fingerprint density at radius 2 is 1.79 bits per heavy atom. The number of rotatable bonds is 7. The lowest BCUT2D eigenvalue weighted by molar-refractivity contribution is -0.121. The first-order chi connectivity index (χ1) is 13.6. The van der Waals surface area contributed by atoms with Crippen molar-refractivity contribution in [2.75, 3.05) is 7.11 Å². The number of phenolic OH excluding ortho intramolecular Hbond substituents is 1. The van der Waals surface area contributed by atoms with E-state index in [-0.39, 0.29) is 23.7 Å². The van der Waals surface area contributed by atoms with Gasteiger partial charge in [-0.2, -0.15) is 0 Å². The normalized spacial score (nSPS) is 11.3. The number of aromatic nitrogens is 1. The topological polar surface area (TPSA) is 76.5 Å². The SMILES string of the molecule is COc1cc(/C=C/C(=O)CC(=O)/C=C/c2cccc3cccnc23)ccc1O. The number of nitrogens with zero attached hydrogens (tertiary/aromatic N) is 1. The van der Waals surface area contributed by atoms with Gasteiger partial charge in [0.2, 0.25) is 0 Å². The second-order valence-corrected chi connectivity index (χ2v) is 6.13. The lowest BCUT2D eigenvalue weighted by atomic mass is 10.1. The minimum Gasteiger partial charge on any atom is -0.504 e. The molecule has 0 fully saturated rings. The van der Waals surface area contributed by atoms with Crippen LogP contribution >= 0.6 is 0 Å². The average Bonchev–Trinajstić information content (AvgIpc) is 2.71. The molecule has 1 N–H and O–H groups in total. The number of allylic oxidation sites excluding steroid dienone is 2. The fourth-order valence-corrected chi connectivity index (χ4v) is 2.72. The van der Waals surface area contributed by atoms with Crippen molar-refractivity contribution in [3.63, 3.8) is 0 Å². The minimum absolute atomic E-state index is 0.0224. The molecular formula is C23H19NO4. The second kappa shape index (κ2) is 8.77. The Hall–Kier alpha value is -3.73. The van der Waals surface area contributed by atoms with Gasteiger partial charge in [0, 0.05) is 17.1 Å². The Labute approximate surface area is 162 Å². The maximum Gasteiger partial charge on any atom is 0.163 e. The molecule has 0 atom stereocenters. The number of carbonyl (C=O) groups is 2. The highest BCUT2D eigenvalue weighted by Crippen LogP contribution is 2.26. The van der Waals surface area contributed by atoms with E-state index in [0.29, 0.717) is 11.3 Å². The van der Waals surface area contributed by atoms with E-state index in [1.54, 1.807) is 30.5 Å². The first-order valence-electron chi connectivity index (χ1n) is 8.69. The van der Waals surface area contributed by atoms with Crippen molar-refractivity contribution in [3.05, 3.63) is 78.0 Å². The fourth-order valence-electron chi connectivity index (χ4n) is 2.72. The minimum atomic E-state index is -0.308. The number of fused-ring (bicyclic) bond motifs is 1. The molecule has 0 unspecified atom stereocenters. The third kappa shape index (κ3) is 4.71. The first-order valence-corrected chi connectivity index (χ1v) is 8.69. The van der Waals surface area contributed by atoms with Crippen LogP contribution in [0.1, 0.15) is 17.5 Å². The third-order valence-electron chi connectivity index (χ3n) is 4.13. The zero-order chi connectivity index (χ0) is 19.9. The van der Waals surface area contributed by atoms with Crippen LogP contribution in [0.2, 0.25) is 0 Å². The van der Waals surface area contributed by atoms with Crippen molar-refractivity contribution in [1.29, 1.82) is 0 Å². The van der Waals surface area contributed by atoms with Gasteiger partial charge in [-0.05, 0) is 42.0 Å². The highest BCUT2D eigenvalue weighted by Gasteiger charge is 2.06. The summed E-state index contributed by atoms with van der Waals surface area (Å²) in [4.78, 5) is 28.5. The monoisotopic (exact) mass is 373 g/mol.